The van der Waals surface area contributed by atoms with Crippen molar-refractivity contribution in [3.63, 3.8) is 0 Å². The Morgan fingerprint density at radius 3 is 2.76 bits per heavy atom. The smallest absolute Gasteiger partial charge is 0.246 e. The van der Waals surface area contributed by atoms with Crippen molar-refractivity contribution in [2.45, 2.75) is 19.4 Å². The van der Waals surface area contributed by atoms with Gasteiger partial charge in [-0.05, 0) is 22.9 Å². The number of benzene rings is 1. The summed E-state index contributed by atoms with van der Waals surface area (Å²) in [6.45, 7) is 1.78. The highest BCUT2D eigenvalue weighted by molar-refractivity contribution is 5.38. The van der Waals surface area contributed by atoms with Crippen LogP contribution in [-0.2, 0) is 6.54 Å². The second-order valence-corrected chi connectivity index (χ2v) is 4.28. The van der Waals surface area contributed by atoms with E-state index in [0.717, 1.165) is 25.1 Å². The molecule has 1 aliphatic rings. The number of ether oxygens (including phenoxy) is 1. The Hall–Kier alpha value is -1.84. The van der Waals surface area contributed by atoms with Crippen LogP contribution in [0.2, 0.25) is 0 Å². The van der Waals surface area contributed by atoms with Gasteiger partial charge >= 0.3 is 0 Å². The fourth-order valence-electron chi connectivity index (χ4n) is 1.92. The standard InChI is InChI=1S/C13H16N2O2/c1-15(10-13-3-2-8-17-13)9-11-4-6-12(14-16)7-5-11/h4-7,10H,2-3,8-9H2,1H3/p+1/b13-10+. The minimum Gasteiger partial charge on any atom is -0.585 e. The van der Waals surface area contributed by atoms with Gasteiger partial charge in [0.25, 0.3) is 0 Å². The molecule has 1 N–H and O–H groups in total. The van der Waals surface area contributed by atoms with E-state index in [2.05, 4.69) is 21.0 Å². The molecule has 0 aliphatic carbocycles. The van der Waals surface area contributed by atoms with Crippen LogP contribution in [0.1, 0.15) is 18.4 Å². The maximum atomic E-state index is 10.3. The Labute approximate surface area is 101 Å². The molecular formula is C13H17N2O2+. The molecule has 4 heteroatoms. The Balaban J connectivity index is 1.94. The summed E-state index contributed by atoms with van der Waals surface area (Å²) in [4.78, 5) is 12.4. The highest BCUT2D eigenvalue weighted by Crippen LogP contribution is 2.16. The minimum absolute atomic E-state index is 0.473. The molecular weight excluding hydrogens is 216 g/mol. The van der Waals surface area contributed by atoms with Gasteiger partial charge in [0.2, 0.25) is 5.76 Å². The predicted octanol–water partition coefficient (Wildman–Crippen LogP) is 2.68. The van der Waals surface area contributed by atoms with Crippen molar-refractivity contribution in [1.82, 2.24) is 4.90 Å². The average Bonchev–Trinajstić information content (AvgIpc) is 2.82. The van der Waals surface area contributed by atoms with Crippen LogP contribution in [0.4, 0.5) is 5.69 Å². The molecule has 1 aliphatic heterocycles. The van der Waals surface area contributed by atoms with E-state index in [-0.39, 0.29) is 0 Å². The molecule has 1 aromatic rings. The number of hydrogen-bond donors (Lipinski definition) is 0. The monoisotopic (exact) mass is 233 g/mol. The molecule has 0 bridgehead atoms. The zero-order chi connectivity index (χ0) is 12.1. The summed E-state index contributed by atoms with van der Waals surface area (Å²) in [5, 5.41) is 2.88. The third-order valence-electron chi connectivity index (χ3n) is 2.75. The normalized spacial score (nSPS) is 16.9. The first-order valence-corrected chi connectivity index (χ1v) is 5.78. The first kappa shape index (κ1) is 11.6. The van der Waals surface area contributed by atoms with Gasteiger partial charge in [0, 0.05) is 20.0 Å². The Bertz CT molecular complexity index is 404. The van der Waals surface area contributed by atoms with E-state index in [1.807, 2.05) is 19.2 Å². The van der Waals surface area contributed by atoms with Crippen molar-refractivity contribution in [3.8, 4) is 0 Å². The molecule has 2 rings (SSSR count). The largest absolute Gasteiger partial charge is 0.585 e. The Kier molecular flexibility index (Phi) is 3.75. The van der Waals surface area contributed by atoms with Crippen LogP contribution >= 0.6 is 0 Å². The lowest BCUT2D eigenvalue weighted by molar-refractivity contribution is 0.0661. The van der Waals surface area contributed by atoms with E-state index in [1.165, 1.54) is 12.2 Å². The maximum Gasteiger partial charge on any atom is 0.246 e. The van der Waals surface area contributed by atoms with Crippen LogP contribution < -0.4 is 0 Å². The molecule has 4 nitrogen and oxygen atoms in total. The van der Waals surface area contributed by atoms with Gasteiger partial charge in [0.1, 0.15) is 5.69 Å². The van der Waals surface area contributed by atoms with Crippen LogP contribution in [0, 0.1) is 4.91 Å². The third kappa shape index (κ3) is 3.31. The van der Waals surface area contributed by atoms with Gasteiger partial charge in [-0.2, -0.15) is 0 Å². The van der Waals surface area contributed by atoms with Crippen molar-refractivity contribution in [2.24, 2.45) is 5.18 Å². The molecule has 1 heterocycles. The first-order chi connectivity index (χ1) is 8.28. The summed E-state index contributed by atoms with van der Waals surface area (Å²) >= 11 is 0. The van der Waals surface area contributed by atoms with Crippen molar-refractivity contribution in [3.05, 3.63) is 46.7 Å². The second kappa shape index (κ2) is 5.48. The van der Waals surface area contributed by atoms with Crippen LogP contribution in [0.5, 0.6) is 0 Å². The van der Waals surface area contributed by atoms with E-state index < -0.39 is 0 Å². The molecule has 1 fully saturated rings. The molecule has 1 saturated heterocycles. The van der Waals surface area contributed by atoms with Crippen LogP contribution in [0.25, 0.3) is 0 Å². The second-order valence-electron chi connectivity index (χ2n) is 4.28. The van der Waals surface area contributed by atoms with Crippen molar-refractivity contribution >= 4 is 5.69 Å². The van der Waals surface area contributed by atoms with Crippen LogP contribution in [0.15, 0.2) is 41.4 Å². The first-order valence-electron chi connectivity index (χ1n) is 5.78. The maximum absolute atomic E-state index is 10.3. The highest BCUT2D eigenvalue weighted by atomic mass is 16.5. The van der Waals surface area contributed by atoms with E-state index in [0.29, 0.717) is 5.69 Å². The molecule has 90 valence electrons. The summed E-state index contributed by atoms with van der Waals surface area (Å²) in [5.74, 6) is 1.18. The SMILES string of the molecule is CN(/C=C1\CCC[OH+]1)Cc1ccc(N=O)cc1. The van der Waals surface area contributed by atoms with Gasteiger partial charge in [-0.1, -0.05) is 12.1 Å². The summed E-state index contributed by atoms with van der Waals surface area (Å²) < 4.78 is 4.41. The number of nitrogens with zero attached hydrogens (tertiary/aromatic N) is 2. The number of aliphatic hydroxyl groups is 2. The molecule has 17 heavy (non-hydrogen) atoms. The lowest BCUT2D eigenvalue weighted by Crippen LogP contribution is -2.11. The lowest BCUT2D eigenvalue weighted by atomic mass is 10.2. The molecule has 0 atom stereocenters. The lowest BCUT2D eigenvalue weighted by Gasteiger charge is -2.13. The van der Waals surface area contributed by atoms with Gasteiger partial charge in [-0.15, -0.1) is 4.91 Å². The Morgan fingerprint density at radius 1 is 1.41 bits per heavy atom. The van der Waals surface area contributed by atoms with Gasteiger partial charge in [0.15, 0.2) is 6.61 Å². The quantitative estimate of drug-likeness (QED) is 0.593. The molecule has 0 amide bonds. The van der Waals surface area contributed by atoms with E-state index in [9.17, 15) is 4.91 Å². The van der Waals surface area contributed by atoms with E-state index in [1.54, 1.807) is 12.1 Å². The minimum atomic E-state index is 0.473. The predicted molar refractivity (Wildman–Crippen MR) is 67.8 cm³/mol. The number of allylic oxidation sites excluding steroid dienone is 1. The van der Waals surface area contributed by atoms with Crippen molar-refractivity contribution in [2.75, 3.05) is 13.7 Å². The third-order valence-corrected chi connectivity index (χ3v) is 2.75. The average molecular weight is 233 g/mol. The molecule has 0 aromatic heterocycles. The summed E-state index contributed by atoms with van der Waals surface area (Å²) in [6.07, 6.45) is 4.34. The number of rotatable bonds is 4. The van der Waals surface area contributed by atoms with Gasteiger partial charge in [0.05, 0.1) is 12.6 Å². The van der Waals surface area contributed by atoms with Gasteiger partial charge < -0.3 is 9.64 Å². The summed E-state index contributed by atoms with van der Waals surface area (Å²) in [6, 6.07) is 7.33. The van der Waals surface area contributed by atoms with Crippen molar-refractivity contribution in [1.29, 1.82) is 0 Å². The van der Waals surface area contributed by atoms with Crippen LogP contribution in [-0.4, -0.2) is 23.3 Å². The molecule has 0 saturated carbocycles. The zero-order valence-corrected chi connectivity index (χ0v) is 9.97. The Morgan fingerprint density at radius 2 is 2.18 bits per heavy atom. The number of nitroso groups, excluding NO2 is 1. The fourth-order valence-corrected chi connectivity index (χ4v) is 1.92. The summed E-state index contributed by atoms with van der Waals surface area (Å²) in [5.41, 5.74) is 1.63. The van der Waals surface area contributed by atoms with E-state index >= 15 is 0 Å². The fraction of sp³-hybridized carbons (Fsp3) is 0.385. The topological polar surface area (TPSA) is 45.5 Å². The highest BCUT2D eigenvalue weighted by Gasteiger charge is 2.13. The van der Waals surface area contributed by atoms with Crippen molar-refractivity contribution < 1.29 is 4.74 Å². The van der Waals surface area contributed by atoms with Gasteiger partial charge in [-0.25, -0.2) is 0 Å². The van der Waals surface area contributed by atoms with E-state index in [4.69, 9.17) is 0 Å². The van der Waals surface area contributed by atoms with Gasteiger partial charge in [-0.3, -0.25) is 0 Å². The van der Waals surface area contributed by atoms with Crippen LogP contribution in [0.3, 0.4) is 0 Å². The molecule has 0 spiro atoms. The molecule has 0 radical (unpaired) electrons. The molecule has 1 aromatic carbocycles. The zero-order valence-electron chi connectivity index (χ0n) is 9.97. The summed E-state index contributed by atoms with van der Waals surface area (Å²) in [7, 11) is 2.03. The number of hydrogen-bond acceptors (Lipinski definition) is 3. The molecule has 0 unspecified atom stereocenters.